The first-order valence-electron chi connectivity index (χ1n) is 5.62. The Kier molecular flexibility index (Phi) is 4.65. The van der Waals surface area contributed by atoms with Crippen molar-refractivity contribution in [1.29, 1.82) is 0 Å². The molecule has 0 bridgehead atoms. The van der Waals surface area contributed by atoms with Crippen molar-refractivity contribution in [3.8, 4) is 5.75 Å². The summed E-state index contributed by atoms with van der Waals surface area (Å²) in [5.74, 6) is 0.0579. The standard InChI is InChI=1S/C12H16N2O4/c1-4-8(2)12(15)13-10-7-9(14(16)17)5-6-11(10)18-3/h5-8H,4H2,1-3H3,(H,13,15). The van der Waals surface area contributed by atoms with Gasteiger partial charge in [-0.05, 0) is 12.5 Å². The Hall–Kier alpha value is -2.11. The van der Waals surface area contributed by atoms with Crippen LogP contribution in [0.1, 0.15) is 20.3 Å². The van der Waals surface area contributed by atoms with Crippen LogP contribution in [0.2, 0.25) is 0 Å². The molecule has 0 aliphatic heterocycles. The van der Waals surface area contributed by atoms with Crippen LogP contribution in [-0.4, -0.2) is 17.9 Å². The minimum atomic E-state index is -0.516. The van der Waals surface area contributed by atoms with E-state index in [1.807, 2.05) is 6.92 Å². The highest BCUT2D eigenvalue weighted by Gasteiger charge is 2.16. The fraction of sp³-hybridized carbons (Fsp3) is 0.417. The second kappa shape index (κ2) is 6.00. The number of nitrogens with zero attached hydrogens (tertiary/aromatic N) is 1. The molecule has 0 saturated carbocycles. The maximum absolute atomic E-state index is 11.8. The summed E-state index contributed by atoms with van der Waals surface area (Å²) in [5, 5.41) is 13.3. The fourth-order valence-electron chi connectivity index (χ4n) is 1.35. The van der Waals surface area contributed by atoms with Gasteiger partial charge in [0.15, 0.2) is 0 Å². The van der Waals surface area contributed by atoms with Crippen LogP contribution in [0, 0.1) is 16.0 Å². The molecule has 0 aliphatic rings. The first-order valence-corrected chi connectivity index (χ1v) is 5.62. The second-order valence-corrected chi connectivity index (χ2v) is 3.94. The molecule has 0 heterocycles. The monoisotopic (exact) mass is 252 g/mol. The molecule has 18 heavy (non-hydrogen) atoms. The van der Waals surface area contributed by atoms with E-state index in [9.17, 15) is 14.9 Å². The summed E-state index contributed by atoms with van der Waals surface area (Å²) in [4.78, 5) is 21.9. The van der Waals surface area contributed by atoms with E-state index in [0.29, 0.717) is 17.9 Å². The Labute approximate surface area is 105 Å². The normalized spacial score (nSPS) is 11.7. The highest BCUT2D eigenvalue weighted by atomic mass is 16.6. The molecule has 0 spiro atoms. The van der Waals surface area contributed by atoms with Crippen molar-refractivity contribution >= 4 is 17.3 Å². The lowest BCUT2D eigenvalue weighted by Gasteiger charge is -2.12. The molecular weight excluding hydrogens is 236 g/mol. The number of hydrogen-bond donors (Lipinski definition) is 1. The molecule has 6 nitrogen and oxygen atoms in total. The summed E-state index contributed by atoms with van der Waals surface area (Å²) in [6.45, 7) is 3.69. The maximum atomic E-state index is 11.8. The Morgan fingerprint density at radius 2 is 2.22 bits per heavy atom. The zero-order valence-corrected chi connectivity index (χ0v) is 10.6. The number of hydrogen-bond acceptors (Lipinski definition) is 4. The van der Waals surface area contributed by atoms with Gasteiger partial charge in [0.05, 0.1) is 17.7 Å². The number of nitrogens with one attached hydrogen (secondary N) is 1. The van der Waals surface area contributed by atoms with Gasteiger partial charge in [0.1, 0.15) is 5.75 Å². The third-order valence-corrected chi connectivity index (χ3v) is 2.71. The second-order valence-electron chi connectivity index (χ2n) is 3.94. The van der Waals surface area contributed by atoms with Gasteiger partial charge in [0.2, 0.25) is 5.91 Å². The van der Waals surface area contributed by atoms with E-state index in [2.05, 4.69) is 5.32 Å². The topological polar surface area (TPSA) is 81.5 Å². The van der Waals surface area contributed by atoms with Crippen LogP contribution in [0.25, 0.3) is 0 Å². The smallest absolute Gasteiger partial charge is 0.271 e. The molecule has 1 unspecified atom stereocenters. The molecule has 98 valence electrons. The summed E-state index contributed by atoms with van der Waals surface area (Å²) in [6.07, 6.45) is 0.697. The van der Waals surface area contributed by atoms with Crippen LogP contribution in [0.3, 0.4) is 0 Å². The van der Waals surface area contributed by atoms with E-state index in [1.54, 1.807) is 6.92 Å². The molecule has 1 N–H and O–H groups in total. The van der Waals surface area contributed by atoms with Crippen molar-refractivity contribution in [2.45, 2.75) is 20.3 Å². The number of nitro groups is 1. The van der Waals surface area contributed by atoms with Crippen molar-refractivity contribution in [3.63, 3.8) is 0 Å². The number of methoxy groups -OCH3 is 1. The summed E-state index contributed by atoms with van der Waals surface area (Å²) in [6, 6.07) is 4.08. The largest absolute Gasteiger partial charge is 0.495 e. The van der Waals surface area contributed by atoms with E-state index in [4.69, 9.17) is 4.74 Å². The SMILES string of the molecule is CCC(C)C(=O)Nc1cc([N+](=O)[O-])ccc1OC. The van der Waals surface area contributed by atoms with Gasteiger partial charge >= 0.3 is 0 Å². The average Bonchev–Trinajstić information content (AvgIpc) is 2.37. The van der Waals surface area contributed by atoms with Gasteiger partial charge < -0.3 is 10.1 Å². The van der Waals surface area contributed by atoms with Crippen LogP contribution in [-0.2, 0) is 4.79 Å². The third kappa shape index (κ3) is 3.19. The van der Waals surface area contributed by atoms with Crippen LogP contribution in [0.15, 0.2) is 18.2 Å². The molecule has 0 aromatic heterocycles. The van der Waals surface area contributed by atoms with Crippen LogP contribution >= 0.6 is 0 Å². The van der Waals surface area contributed by atoms with Crippen LogP contribution in [0.4, 0.5) is 11.4 Å². The number of amides is 1. The number of nitro benzene ring substituents is 1. The van der Waals surface area contributed by atoms with Crippen LogP contribution < -0.4 is 10.1 Å². The Morgan fingerprint density at radius 1 is 1.56 bits per heavy atom. The number of ether oxygens (including phenoxy) is 1. The quantitative estimate of drug-likeness (QED) is 0.645. The molecule has 0 fully saturated rings. The number of non-ortho nitro benzene ring substituents is 1. The molecule has 1 aromatic rings. The minimum Gasteiger partial charge on any atom is -0.495 e. The molecule has 1 rings (SSSR count). The summed E-state index contributed by atoms with van der Waals surface area (Å²) in [5.41, 5.74) is 0.229. The molecule has 1 aromatic carbocycles. The van der Waals surface area contributed by atoms with E-state index < -0.39 is 4.92 Å². The molecule has 1 atom stereocenters. The van der Waals surface area contributed by atoms with Gasteiger partial charge in [-0.15, -0.1) is 0 Å². The Bertz CT molecular complexity index is 459. The van der Waals surface area contributed by atoms with Gasteiger partial charge in [0, 0.05) is 18.1 Å². The first kappa shape index (κ1) is 14.0. The van der Waals surface area contributed by atoms with Gasteiger partial charge in [-0.1, -0.05) is 13.8 Å². The third-order valence-electron chi connectivity index (χ3n) is 2.71. The van der Waals surface area contributed by atoms with Gasteiger partial charge in [-0.25, -0.2) is 0 Å². The summed E-state index contributed by atoms with van der Waals surface area (Å²) < 4.78 is 5.06. The van der Waals surface area contributed by atoms with Gasteiger partial charge in [-0.3, -0.25) is 14.9 Å². The number of rotatable bonds is 5. The molecule has 1 amide bonds. The van der Waals surface area contributed by atoms with E-state index in [1.165, 1.54) is 25.3 Å². The molecule has 0 saturated heterocycles. The highest BCUT2D eigenvalue weighted by Crippen LogP contribution is 2.29. The van der Waals surface area contributed by atoms with Crippen LogP contribution in [0.5, 0.6) is 5.75 Å². The molecule has 0 aliphatic carbocycles. The zero-order chi connectivity index (χ0) is 13.7. The van der Waals surface area contributed by atoms with Crippen molar-refractivity contribution in [2.24, 2.45) is 5.92 Å². The first-order chi connectivity index (χ1) is 8.49. The fourth-order valence-corrected chi connectivity index (χ4v) is 1.35. The highest BCUT2D eigenvalue weighted by molar-refractivity contribution is 5.94. The summed E-state index contributed by atoms with van der Waals surface area (Å²) >= 11 is 0. The number of benzene rings is 1. The number of anilines is 1. The predicted molar refractivity (Wildman–Crippen MR) is 67.7 cm³/mol. The van der Waals surface area contributed by atoms with Crippen molar-refractivity contribution in [2.75, 3.05) is 12.4 Å². The molecule has 0 radical (unpaired) electrons. The van der Waals surface area contributed by atoms with Crippen molar-refractivity contribution in [1.82, 2.24) is 0 Å². The van der Waals surface area contributed by atoms with E-state index in [-0.39, 0.29) is 17.5 Å². The van der Waals surface area contributed by atoms with Crippen molar-refractivity contribution < 1.29 is 14.5 Å². The Morgan fingerprint density at radius 3 is 2.72 bits per heavy atom. The van der Waals surface area contributed by atoms with Gasteiger partial charge in [-0.2, -0.15) is 0 Å². The zero-order valence-electron chi connectivity index (χ0n) is 10.6. The summed E-state index contributed by atoms with van der Waals surface area (Å²) in [7, 11) is 1.44. The predicted octanol–water partition coefficient (Wildman–Crippen LogP) is 2.59. The average molecular weight is 252 g/mol. The maximum Gasteiger partial charge on any atom is 0.271 e. The van der Waals surface area contributed by atoms with Crippen molar-refractivity contribution in [3.05, 3.63) is 28.3 Å². The lowest BCUT2D eigenvalue weighted by molar-refractivity contribution is -0.384. The number of carbonyl (C=O) groups excluding carboxylic acids is 1. The molecule has 6 heteroatoms. The molecular formula is C12H16N2O4. The lowest BCUT2D eigenvalue weighted by atomic mass is 10.1. The minimum absolute atomic E-state index is 0.0877. The lowest BCUT2D eigenvalue weighted by Crippen LogP contribution is -2.20. The Balaban J connectivity index is 3.01. The van der Waals surface area contributed by atoms with E-state index in [0.717, 1.165) is 0 Å². The number of carbonyl (C=O) groups is 1. The van der Waals surface area contributed by atoms with Gasteiger partial charge in [0.25, 0.3) is 5.69 Å². The van der Waals surface area contributed by atoms with E-state index >= 15 is 0 Å².